The fourth-order valence-electron chi connectivity index (χ4n) is 2.75. The molecule has 11 heteroatoms. The Morgan fingerprint density at radius 3 is 2.59 bits per heavy atom. The number of esters is 1. The van der Waals surface area contributed by atoms with Gasteiger partial charge in [-0.2, -0.15) is 0 Å². The maximum Gasteiger partial charge on any atom is 0.326 e. The van der Waals surface area contributed by atoms with E-state index < -0.39 is 28.6 Å². The third kappa shape index (κ3) is 5.74. The molecule has 3 rings (SSSR count). The number of imide groups is 1. The molecule has 2 aromatic rings. The van der Waals surface area contributed by atoms with Crippen LogP contribution in [0.1, 0.15) is 18.1 Å². The van der Waals surface area contributed by atoms with E-state index in [0.717, 1.165) is 26.7 Å². The first kappa shape index (κ1) is 23.5. The van der Waals surface area contributed by atoms with Gasteiger partial charge >= 0.3 is 5.97 Å². The van der Waals surface area contributed by atoms with E-state index in [1.54, 1.807) is 37.3 Å². The van der Waals surface area contributed by atoms with Crippen LogP contribution in [-0.4, -0.2) is 40.1 Å². The monoisotopic (exact) mass is 520 g/mol. The molecular weight excluding hydrogens is 504 g/mol. The van der Waals surface area contributed by atoms with Crippen LogP contribution in [0.2, 0.25) is 0 Å². The number of rotatable bonds is 8. The topological polar surface area (TPSA) is 116 Å². The summed E-state index contributed by atoms with van der Waals surface area (Å²) in [6, 6.07) is 11.2. The fourth-order valence-corrected chi connectivity index (χ4v) is 3.96. The number of benzene rings is 2. The first-order valence-corrected chi connectivity index (χ1v) is 11.0. The highest BCUT2D eigenvalue weighted by atomic mass is 79.9. The molecule has 166 valence electrons. The molecule has 1 heterocycles. The molecule has 0 aliphatic carbocycles. The van der Waals surface area contributed by atoms with Crippen molar-refractivity contribution in [2.24, 2.45) is 0 Å². The summed E-state index contributed by atoms with van der Waals surface area (Å²) in [7, 11) is 0. The van der Waals surface area contributed by atoms with E-state index in [-0.39, 0.29) is 23.8 Å². The standard InChI is InChI=1S/C21H17BrN2O7S/c1-2-30-19(25)11-23-20(26)18(32-21(23)27)10-14-9-15(22)5-8-17(14)31-12-13-3-6-16(7-4-13)24(28)29/h3-10H,2,11-12H2,1H3/b18-10-. The van der Waals surface area contributed by atoms with Gasteiger partial charge in [0, 0.05) is 22.2 Å². The van der Waals surface area contributed by atoms with Gasteiger partial charge in [-0.1, -0.05) is 15.9 Å². The van der Waals surface area contributed by atoms with Crippen molar-refractivity contribution in [1.82, 2.24) is 4.90 Å². The summed E-state index contributed by atoms with van der Waals surface area (Å²) in [5, 5.41) is 10.2. The normalized spacial score (nSPS) is 14.7. The van der Waals surface area contributed by atoms with Crippen molar-refractivity contribution in [1.29, 1.82) is 0 Å². The van der Waals surface area contributed by atoms with Crippen LogP contribution >= 0.6 is 27.7 Å². The number of nitro groups is 1. The largest absolute Gasteiger partial charge is 0.488 e. The Balaban J connectivity index is 1.78. The van der Waals surface area contributed by atoms with Crippen LogP contribution < -0.4 is 4.74 Å². The average Bonchev–Trinajstić information content (AvgIpc) is 3.01. The van der Waals surface area contributed by atoms with Crippen LogP contribution in [0.3, 0.4) is 0 Å². The van der Waals surface area contributed by atoms with Crippen LogP contribution in [0.25, 0.3) is 6.08 Å². The van der Waals surface area contributed by atoms with Crippen LogP contribution in [-0.2, 0) is 20.9 Å². The predicted molar refractivity (Wildman–Crippen MR) is 121 cm³/mol. The summed E-state index contributed by atoms with van der Waals surface area (Å²) in [4.78, 5) is 47.8. The zero-order valence-electron chi connectivity index (χ0n) is 16.8. The van der Waals surface area contributed by atoms with Gasteiger partial charge in [0.15, 0.2) is 0 Å². The lowest BCUT2D eigenvalue weighted by atomic mass is 10.1. The number of nitrogens with zero attached hydrogens (tertiary/aromatic N) is 2. The van der Waals surface area contributed by atoms with E-state index in [1.165, 1.54) is 18.2 Å². The lowest BCUT2D eigenvalue weighted by molar-refractivity contribution is -0.384. The number of carbonyl (C=O) groups is 3. The van der Waals surface area contributed by atoms with Crippen molar-refractivity contribution in [2.45, 2.75) is 13.5 Å². The Bertz CT molecular complexity index is 1100. The second-order valence-electron chi connectivity index (χ2n) is 6.47. The zero-order valence-corrected chi connectivity index (χ0v) is 19.2. The Hall–Kier alpha value is -3.18. The summed E-state index contributed by atoms with van der Waals surface area (Å²) in [6.07, 6.45) is 1.52. The lowest BCUT2D eigenvalue weighted by Gasteiger charge is -2.11. The molecule has 0 atom stereocenters. The third-order valence-corrected chi connectivity index (χ3v) is 5.67. The van der Waals surface area contributed by atoms with Crippen molar-refractivity contribution in [3.63, 3.8) is 0 Å². The summed E-state index contributed by atoms with van der Waals surface area (Å²) < 4.78 is 11.4. The van der Waals surface area contributed by atoms with E-state index in [9.17, 15) is 24.5 Å². The molecule has 1 saturated heterocycles. The number of nitro benzene ring substituents is 1. The summed E-state index contributed by atoms with van der Waals surface area (Å²) in [6.45, 7) is 1.48. The predicted octanol–water partition coefficient (Wildman–Crippen LogP) is 4.54. The number of thioether (sulfide) groups is 1. The van der Waals surface area contributed by atoms with Crippen LogP contribution in [0.4, 0.5) is 10.5 Å². The van der Waals surface area contributed by atoms with Gasteiger partial charge in [0.25, 0.3) is 16.8 Å². The SMILES string of the molecule is CCOC(=O)CN1C(=O)S/C(=C\c2cc(Br)ccc2OCc2ccc([N+](=O)[O-])cc2)C1=O. The maximum atomic E-state index is 12.6. The van der Waals surface area contributed by atoms with Crippen molar-refractivity contribution in [3.05, 3.63) is 73.1 Å². The molecule has 2 amide bonds. The van der Waals surface area contributed by atoms with E-state index in [4.69, 9.17) is 9.47 Å². The summed E-state index contributed by atoms with van der Waals surface area (Å²) >= 11 is 4.10. The first-order chi connectivity index (χ1) is 15.3. The lowest BCUT2D eigenvalue weighted by Crippen LogP contribution is -2.34. The van der Waals surface area contributed by atoms with Gasteiger partial charge < -0.3 is 9.47 Å². The third-order valence-electron chi connectivity index (χ3n) is 4.27. The van der Waals surface area contributed by atoms with Gasteiger partial charge in [-0.15, -0.1) is 0 Å². The summed E-state index contributed by atoms with van der Waals surface area (Å²) in [5.41, 5.74) is 1.25. The minimum Gasteiger partial charge on any atom is -0.488 e. The molecule has 0 spiro atoms. The zero-order chi connectivity index (χ0) is 23.3. The van der Waals surface area contributed by atoms with E-state index in [2.05, 4.69) is 15.9 Å². The molecule has 0 unspecified atom stereocenters. The van der Waals surface area contributed by atoms with Crippen LogP contribution in [0.15, 0.2) is 51.8 Å². The van der Waals surface area contributed by atoms with E-state index >= 15 is 0 Å². The van der Waals surface area contributed by atoms with Gasteiger partial charge in [-0.05, 0) is 60.7 Å². The van der Waals surface area contributed by atoms with E-state index in [0.29, 0.717) is 11.3 Å². The van der Waals surface area contributed by atoms with Crippen molar-refractivity contribution >= 4 is 56.6 Å². The van der Waals surface area contributed by atoms with Gasteiger partial charge in [0.2, 0.25) is 0 Å². The van der Waals surface area contributed by atoms with Crippen molar-refractivity contribution in [2.75, 3.05) is 13.2 Å². The number of hydrogen-bond acceptors (Lipinski definition) is 8. The average molecular weight is 521 g/mol. The molecule has 1 aliphatic rings. The quantitative estimate of drug-likeness (QED) is 0.215. The maximum absolute atomic E-state index is 12.6. The summed E-state index contributed by atoms with van der Waals surface area (Å²) in [5.74, 6) is -0.802. The Labute approximate surface area is 195 Å². The number of ether oxygens (including phenoxy) is 2. The van der Waals surface area contributed by atoms with Crippen LogP contribution in [0, 0.1) is 10.1 Å². The second-order valence-corrected chi connectivity index (χ2v) is 8.38. The minimum atomic E-state index is -0.661. The molecule has 0 saturated carbocycles. The number of amides is 2. The molecule has 32 heavy (non-hydrogen) atoms. The van der Waals surface area contributed by atoms with Crippen molar-refractivity contribution in [3.8, 4) is 5.75 Å². The fraction of sp³-hybridized carbons (Fsp3) is 0.190. The molecule has 0 N–H and O–H groups in total. The minimum absolute atomic E-state index is 0.0170. The molecule has 1 aliphatic heterocycles. The highest BCUT2D eigenvalue weighted by Crippen LogP contribution is 2.35. The highest BCUT2D eigenvalue weighted by Gasteiger charge is 2.36. The molecule has 9 nitrogen and oxygen atoms in total. The van der Waals surface area contributed by atoms with Gasteiger partial charge in [-0.25, -0.2) is 0 Å². The Kier molecular flexibility index (Phi) is 7.65. The molecule has 1 fully saturated rings. The van der Waals surface area contributed by atoms with Gasteiger partial charge in [0.05, 0.1) is 16.4 Å². The van der Waals surface area contributed by atoms with Crippen LogP contribution in [0.5, 0.6) is 5.75 Å². The van der Waals surface area contributed by atoms with Gasteiger partial charge in [0.1, 0.15) is 18.9 Å². The van der Waals surface area contributed by atoms with E-state index in [1.807, 2.05) is 0 Å². The first-order valence-electron chi connectivity index (χ1n) is 9.35. The van der Waals surface area contributed by atoms with Gasteiger partial charge in [-0.3, -0.25) is 29.4 Å². The number of hydrogen-bond donors (Lipinski definition) is 0. The van der Waals surface area contributed by atoms with Crippen molar-refractivity contribution < 1.29 is 28.8 Å². The number of carbonyl (C=O) groups excluding carboxylic acids is 3. The smallest absolute Gasteiger partial charge is 0.326 e. The number of non-ortho nitro benzene ring substituents is 1. The Morgan fingerprint density at radius 2 is 1.94 bits per heavy atom. The number of halogens is 1. The second kappa shape index (κ2) is 10.4. The molecule has 0 bridgehead atoms. The molecule has 0 radical (unpaired) electrons. The molecule has 2 aromatic carbocycles. The Morgan fingerprint density at radius 1 is 1.22 bits per heavy atom. The highest BCUT2D eigenvalue weighted by molar-refractivity contribution is 9.10. The molecular formula is C21H17BrN2O7S. The molecule has 0 aromatic heterocycles.